The maximum atomic E-state index is 11.3. The maximum Gasteiger partial charge on any atom is 0.228 e. The fourth-order valence-corrected chi connectivity index (χ4v) is 2.33. The number of anilines is 1. The summed E-state index contributed by atoms with van der Waals surface area (Å²) < 4.78 is 0. The monoisotopic (exact) mass is 237 g/mol. The molecule has 0 fully saturated rings. The van der Waals surface area contributed by atoms with Crippen LogP contribution in [0.1, 0.15) is 16.7 Å². The van der Waals surface area contributed by atoms with Gasteiger partial charge in [-0.25, -0.2) is 0 Å². The van der Waals surface area contributed by atoms with Crippen molar-refractivity contribution in [3.8, 4) is 11.1 Å². The molecule has 1 N–H and O–H groups in total. The predicted octanol–water partition coefficient (Wildman–Crippen LogP) is 3.47. The van der Waals surface area contributed by atoms with Crippen molar-refractivity contribution in [3.63, 3.8) is 0 Å². The zero-order valence-electron chi connectivity index (χ0n) is 10.6. The highest BCUT2D eigenvalue weighted by Crippen LogP contribution is 2.29. The number of hydrogen-bond acceptors (Lipinski definition) is 1. The Morgan fingerprint density at radius 3 is 2.44 bits per heavy atom. The van der Waals surface area contributed by atoms with Crippen LogP contribution in [0, 0.1) is 13.8 Å². The molecule has 2 heteroatoms. The molecule has 90 valence electrons. The van der Waals surface area contributed by atoms with E-state index in [1.165, 1.54) is 22.3 Å². The summed E-state index contributed by atoms with van der Waals surface area (Å²) in [6.07, 6.45) is 0.494. The second-order valence-corrected chi connectivity index (χ2v) is 4.90. The Hall–Kier alpha value is -2.09. The first-order valence-electron chi connectivity index (χ1n) is 6.14. The Balaban J connectivity index is 2.05. The van der Waals surface area contributed by atoms with E-state index < -0.39 is 0 Å². The minimum absolute atomic E-state index is 0.0854. The molecule has 0 atom stereocenters. The summed E-state index contributed by atoms with van der Waals surface area (Å²) in [5, 5.41) is 2.86. The van der Waals surface area contributed by atoms with E-state index in [0.29, 0.717) is 6.42 Å². The summed E-state index contributed by atoms with van der Waals surface area (Å²) in [5.74, 6) is 0.0854. The second-order valence-electron chi connectivity index (χ2n) is 4.90. The Bertz CT molecular complexity index is 644. The summed E-state index contributed by atoms with van der Waals surface area (Å²) >= 11 is 0. The van der Waals surface area contributed by atoms with Crippen molar-refractivity contribution in [2.75, 3.05) is 5.32 Å². The van der Waals surface area contributed by atoms with E-state index >= 15 is 0 Å². The minimum Gasteiger partial charge on any atom is -0.326 e. The van der Waals surface area contributed by atoms with E-state index in [2.05, 4.69) is 49.5 Å². The van der Waals surface area contributed by atoms with Gasteiger partial charge in [0.15, 0.2) is 0 Å². The lowest BCUT2D eigenvalue weighted by atomic mass is 9.98. The van der Waals surface area contributed by atoms with Crippen LogP contribution in [0.3, 0.4) is 0 Å². The second kappa shape index (κ2) is 3.98. The van der Waals surface area contributed by atoms with Gasteiger partial charge in [0, 0.05) is 5.69 Å². The van der Waals surface area contributed by atoms with Crippen LogP contribution in [0.25, 0.3) is 11.1 Å². The molecular formula is C16H15NO. The molecule has 1 aliphatic heterocycles. The van der Waals surface area contributed by atoms with Gasteiger partial charge in [0.1, 0.15) is 0 Å². The van der Waals surface area contributed by atoms with E-state index in [0.717, 1.165) is 11.3 Å². The van der Waals surface area contributed by atoms with Gasteiger partial charge in [-0.3, -0.25) is 4.79 Å². The normalized spacial score (nSPS) is 13.3. The van der Waals surface area contributed by atoms with E-state index in [-0.39, 0.29) is 5.91 Å². The Morgan fingerprint density at radius 1 is 0.944 bits per heavy atom. The number of fused-ring (bicyclic) bond motifs is 1. The van der Waals surface area contributed by atoms with Crippen molar-refractivity contribution in [1.29, 1.82) is 0 Å². The van der Waals surface area contributed by atoms with Crippen molar-refractivity contribution in [2.24, 2.45) is 0 Å². The fraction of sp³-hybridized carbons (Fsp3) is 0.188. The Kier molecular flexibility index (Phi) is 2.44. The summed E-state index contributed by atoms with van der Waals surface area (Å²) in [6.45, 7) is 4.24. The number of hydrogen-bond donors (Lipinski definition) is 1. The predicted molar refractivity (Wildman–Crippen MR) is 73.7 cm³/mol. The molecule has 0 aromatic heterocycles. The highest BCUT2D eigenvalue weighted by molar-refractivity contribution is 5.99. The third-order valence-corrected chi connectivity index (χ3v) is 3.57. The van der Waals surface area contributed by atoms with E-state index in [1.807, 2.05) is 6.07 Å². The van der Waals surface area contributed by atoms with E-state index in [4.69, 9.17) is 0 Å². The molecule has 2 aromatic rings. The zero-order chi connectivity index (χ0) is 12.7. The molecule has 1 amide bonds. The van der Waals surface area contributed by atoms with Gasteiger partial charge >= 0.3 is 0 Å². The quantitative estimate of drug-likeness (QED) is 0.808. The van der Waals surface area contributed by atoms with Crippen LogP contribution in [0.4, 0.5) is 5.69 Å². The number of amides is 1. The van der Waals surface area contributed by atoms with Gasteiger partial charge in [0.05, 0.1) is 6.42 Å². The number of carbonyl (C=O) groups is 1. The molecule has 0 spiro atoms. The van der Waals surface area contributed by atoms with Crippen molar-refractivity contribution >= 4 is 11.6 Å². The lowest BCUT2D eigenvalue weighted by Crippen LogP contribution is -2.03. The smallest absolute Gasteiger partial charge is 0.228 e. The largest absolute Gasteiger partial charge is 0.326 e. The lowest BCUT2D eigenvalue weighted by Gasteiger charge is -2.07. The molecule has 0 radical (unpaired) electrons. The van der Waals surface area contributed by atoms with Crippen molar-refractivity contribution in [1.82, 2.24) is 0 Å². The summed E-state index contributed by atoms with van der Waals surface area (Å²) in [6, 6.07) is 12.6. The highest BCUT2D eigenvalue weighted by Gasteiger charge is 2.17. The van der Waals surface area contributed by atoms with Crippen molar-refractivity contribution in [2.45, 2.75) is 20.3 Å². The van der Waals surface area contributed by atoms with E-state index in [1.54, 1.807) is 0 Å². The highest BCUT2D eigenvalue weighted by atomic mass is 16.1. The average Bonchev–Trinajstić information content (AvgIpc) is 2.71. The molecule has 0 unspecified atom stereocenters. The van der Waals surface area contributed by atoms with Gasteiger partial charge in [0.25, 0.3) is 0 Å². The molecule has 0 saturated heterocycles. The van der Waals surface area contributed by atoms with Gasteiger partial charge in [0.2, 0.25) is 5.91 Å². The molecule has 18 heavy (non-hydrogen) atoms. The fourth-order valence-electron chi connectivity index (χ4n) is 2.33. The Labute approximate surface area is 107 Å². The summed E-state index contributed by atoms with van der Waals surface area (Å²) in [5.41, 5.74) is 7.02. The molecule has 0 saturated carbocycles. The maximum absolute atomic E-state index is 11.3. The molecule has 1 heterocycles. The SMILES string of the molecule is Cc1ccc(-c2ccc3c(c2)CC(=O)N3)cc1C. The van der Waals surface area contributed by atoms with Crippen LogP contribution >= 0.6 is 0 Å². The van der Waals surface area contributed by atoms with Crippen LogP contribution < -0.4 is 5.32 Å². The third-order valence-electron chi connectivity index (χ3n) is 3.57. The van der Waals surface area contributed by atoms with Crippen molar-refractivity contribution < 1.29 is 4.79 Å². The van der Waals surface area contributed by atoms with Gasteiger partial charge in [-0.2, -0.15) is 0 Å². The van der Waals surface area contributed by atoms with Gasteiger partial charge in [-0.05, 0) is 53.8 Å². The van der Waals surface area contributed by atoms with Gasteiger partial charge in [-0.1, -0.05) is 24.3 Å². The number of nitrogens with one attached hydrogen (secondary N) is 1. The molecule has 0 aliphatic carbocycles. The number of rotatable bonds is 1. The molecule has 1 aliphatic rings. The average molecular weight is 237 g/mol. The topological polar surface area (TPSA) is 29.1 Å². The van der Waals surface area contributed by atoms with Crippen LogP contribution in [-0.4, -0.2) is 5.91 Å². The first-order chi connectivity index (χ1) is 8.63. The number of aryl methyl sites for hydroxylation is 2. The van der Waals surface area contributed by atoms with E-state index in [9.17, 15) is 4.79 Å². The standard InChI is InChI=1S/C16H15NO/c1-10-3-4-12(7-11(10)2)13-5-6-15-14(8-13)9-16(18)17-15/h3-8H,9H2,1-2H3,(H,17,18). The molecule has 0 bridgehead atoms. The number of carbonyl (C=O) groups excluding carboxylic acids is 1. The lowest BCUT2D eigenvalue weighted by molar-refractivity contribution is -0.115. The van der Waals surface area contributed by atoms with Crippen molar-refractivity contribution in [3.05, 3.63) is 53.1 Å². The first-order valence-corrected chi connectivity index (χ1v) is 6.14. The Morgan fingerprint density at radius 2 is 1.67 bits per heavy atom. The van der Waals surface area contributed by atoms with Crippen LogP contribution in [0.2, 0.25) is 0 Å². The number of benzene rings is 2. The van der Waals surface area contributed by atoms with Gasteiger partial charge in [-0.15, -0.1) is 0 Å². The zero-order valence-corrected chi connectivity index (χ0v) is 10.6. The third kappa shape index (κ3) is 1.80. The molecule has 3 rings (SSSR count). The van der Waals surface area contributed by atoms with Crippen LogP contribution in [0.15, 0.2) is 36.4 Å². The van der Waals surface area contributed by atoms with Crippen LogP contribution in [0.5, 0.6) is 0 Å². The minimum atomic E-state index is 0.0854. The van der Waals surface area contributed by atoms with Crippen LogP contribution in [-0.2, 0) is 11.2 Å². The molecule has 2 nitrogen and oxygen atoms in total. The van der Waals surface area contributed by atoms with Gasteiger partial charge < -0.3 is 5.32 Å². The molecular weight excluding hydrogens is 222 g/mol. The first kappa shape index (κ1) is 11.0. The summed E-state index contributed by atoms with van der Waals surface area (Å²) in [4.78, 5) is 11.3. The molecule has 2 aromatic carbocycles. The summed E-state index contributed by atoms with van der Waals surface area (Å²) in [7, 11) is 0.